The Hall–Kier alpha value is -4.00. The van der Waals surface area contributed by atoms with Crippen molar-refractivity contribution in [2.24, 2.45) is 5.10 Å². The van der Waals surface area contributed by atoms with E-state index in [0.29, 0.717) is 12.4 Å². The number of carbonyl (C=O) groups is 2. The molecule has 2 amide bonds. The van der Waals surface area contributed by atoms with Gasteiger partial charge in [0.15, 0.2) is 0 Å². The molecule has 7 heteroatoms. The van der Waals surface area contributed by atoms with E-state index in [0.717, 1.165) is 11.1 Å². The molecular formula is C23H20FN3O3. The topological polar surface area (TPSA) is 79.8 Å². The van der Waals surface area contributed by atoms with Gasteiger partial charge in [-0.1, -0.05) is 42.5 Å². The summed E-state index contributed by atoms with van der Waals surface area (Å²) >= 11 is 0. The smallest absolute Gasteiger partial charge is 0.249 e. The molecule has 0 aliphatic rings. The molecule has 3 aromatic rings. The average Bonchev–Trinajstić information content (AvgIpc) is 2.75. The van der Waals surface area contributed by atoms with Gasteiger partial charge in [-0.05, 0) is 47.5 Å². The summed E-state index contributed by atoms with van der Waals surface area (Å²) in [5.74, 6) is -1.10. The molecule has 0 saturated carbocycles. The molecule has 30 heavy (non-hydrogen) atoms. The third kappa shape index (κ3) is 6.56. The molecule has 0 heterocycles. The van der Waals surface area contributed by atoms with Crippen LogP contribution in [0.4, 0.5) is 10.1 Å². The minimum atomic E-state index is -0.632. The molecule has 6 nitrogen and oxygen atoms in total. The molecule has 3 rings (SSSR count). The number of rotatable bonds is 8. The second kappa shape index (κ2) is 10.5. The third-order valence-electron chi connectivity index (χ3n) is 4.00. The quantitative estimate of drug-likeness (QED) is 0.339. The van der Waals surface area contributed by atoms with Gasteiger partial charge in [-0.25, -0.2) is 9.82 Å². The second-order valence-corrected chi connectivity index (χ2v) is 6.34. The van der Waals surface area contributed by atoms with Crippen LogP contribution in [0.15, 0.2) is 84.0 Å². The summed E-state index contributed by atoms with van der Waals surface area (Å²) in [4.78, 5) is 23.6. The van der Waals surface area contributed by atoms with Crippen LogP contribution < -0.4 is 15.5 Å². The monoisotopic (exact) mass is 405 g/mol. The molecule has 0 spiro atoms. The maximum atomic E-state index is 13.5. The molecule has 3 aromatic carbocycles. The van der Waals surface area contributed by atoms with Gasteiger partial charge in [0.25, 0.3) is 0 Å². The number of nitrogens with zero attached hydrogens (tertiary/aromatic N) is 1. The van der Waals surface area contributed by atoms with E-state index in [2.05, 4.69) is 15.8 Å². The van der Waals surface area contributed by atoms with Crippen molar-refractivity contribution in [2.75, 3.05) is 5.32 Å². The van der Waals surface area contributed by atoms with Crippen LogP contribution >= 0.6 is 0 Å². The highest BCUT2D eigenvalue weighted by Crippen LogP contribution is 2.14. The number of benzene rings is 3. The van der Waals surface area contributed by atoms with Gasteiger partial charge in [0.05, 0.1) is 11.9 Å². The van der Waals surface area contributed by atoms with Crippen molar-refractivity contribution in [3.05, 3.63) is 95.8 Å². The van der Waals surface area contributed by atoms with E-state index in [1.54, 1.807) is 30.3 Å². The zero-order valence-corrected chi connectivity index (χ0v) is 16.0. The molecule has 0 bridgehead atoms. The van der Waals surface area contributed by atoms with E-state index in [1.807, 2.05) is 30.3 Å². The summed E-state index contributed by atoms with van der Waals surface area (Å²) in [6.45, 7) is 0.472. The Bertz CT molecular complexity index is 1020. The number of hydrazone groups is 1. The number of halogens is 1. The summed E-state index contributed by atoms with van der Waals surface area (Å²) < 4.78 is 19.2. The summed E-state index contributed by atoms with van der Waals surface area (Å²) in [6, 6.07) is 22.7. The van der Waals surface area contributed by atoms with Crippen LogP contribution in [0, 0.1) is 5.82 Å². The summed E-state index contributed by atoms with van der Waals surface area (Å²) in [5, 5.41) is 6.16. The molecule has 152 valence electrons. The highest BCUT2D eigenvalue weighted by Gasteiger charge is 2.10. The van der Waals surface area contributed by atoms with E-state index in [-0.39, 0.29) is 5.69 Å². The van der Waals surface area contributed by atoms with E-state index >= 15 is 0 Å². The molecular weight excluding hydrogens is 385 g/mol. The molecule has 0 saturated heterocycles. The van der Waals surface area contributed by atoms with E-state index in [1.165, 1.54) is 24.4 Å². The number of carbonyl (C=O) groups excluding carboxylic acids is 2. The first kappa shape index (κ1) is 20.7. The highest BCUT2D eigenvalue weighted by molar-refractivity contribution is 6.03. The minimum Gasteiger partial charge on any atom is -0.489 e. The van der Waals surface area contributed by atoms with E-state index in [9.17, 15) is 14.0 Å². The number of anilines is 1. The largest absolute Gasteiger partial charge is 0.489 e. The molecule has 0 atom stereocenters. The maximum Gasteiger partial charge on any atom is 0.249 e. The van der Waals surface area contributed by atoms with Crippen LogP contribution in [0.1, 0.15) is 17.5 Å². The van der Waals surface area contributed by atoms with Crippen LogP contribution in [0.2, 0.25) is 0 Å². The van der Waals surface area contributed by atoms with Crippen LogP contribution in [0.5, 0.6) is 5.75 Å². The van der Waals surface area contributed by atoms with Crippen molar-refractivity contribution in [1.82, 2.24) is 5.43 Å². The standard InChI is InChI=1S/C23H20FN3O3/c24-20-8-4-5-9-21(20)26-22(28)14-23(29)27-25-15-17-10-12-19(13-11-17)30-16-18-6-2-1-3-7-18/h1-13,15H,14,16H2,(H,26,28)(H,27,29). The van der Waals surface area contributed by atoms with Crippen LogP contribution in [-0.2, 0) is 16.2 Å². The lowest BCUT2D eigenvalue weighted by molar-refractivity contribution is -0.126. The molecule has 2 N–H and O–H groups in total. The Morgan fingerprint density at radius 1 is 0.900 bits per heavy atom. The highest BCUT2D eigenvalue weighted by atomic mass is 19.1. The molecule has 0 fully saturated rings. The number of nitrogens with one attached hydrogen (secondary N) is 2. The first-order valence-corrected chi connectivity index (χ1v) is 9.23. The normalized spacial score (nSPS) is 10.6. The fourth-order valence-electron chi connectivity index (χ4n) is 2.51. The van der Waals surface area contributed by atoms with Crippen molar-refractivity contribution >= 4 is 23.7 Å². The van der Waals surface area contributed by atoms with Gasteiger partial charge in [0.2, 0.25) is 11.8 Å². The molecule has 0 aromatic heterocycles. The van der Waals surface area contributed by atoms with Crippen molar-refractivity contribution in [3.8, 4) is 5.75 Å². The maximum absolute atomic E-state index is 13.5. The first-order valence-electron chi connectivity index (χ1n) is 9.23. The fourth-order valence-corrected chi connectivity index (χ4v) is 2.51. The van der Waals surface area contributed by atoms with Crippen molar-refractivity contribution in [2.45, 2.75) is 13.0 Å². The number of amides is 2. The SMILES string of the molecule is O=C(CC(=O)Nc1ccccc1F)NN=Cc1ccc(OCc2ccccc2)cc1. The van der Waals surface area contributed by atoms with Gasteiger partial charge in [-0.15, -0.1) is 0 Å². The Morgan fingerprint density at radius 3 is 2.33 bits per heavy atom. The summed E-state index contributed by atoms with van der Waals surface area (Å²) in [5.41, 5.74) is 4.11. The predicted molar refractivity (Wildman–Crippen MR) is 113 cm³/mol. The minimum absolute atomic E-state index is 0.0216. The van der Waals surface area contributed by atoms with Crippen molar-refractivity contribution in [3.63, 3.8) is 0 Å². The molecule has 0 aliphatic carbocycles. The van der Waals surface area contributed by atoms with Gasteiger partial charge < -0.3 is 10.1 Å². The lowest BCUT2D eigenvalue weighted by Crippen LogP contribution is -2.24. The average molecular weight is 405 g/mol. The van der Waals surface area contributed by atoms with Gasteiger partial charge in [-0.2, -0.15) is 5.10 Å². The number of ether oxygens (including phenoxy) is 1. The zero-order chi connectivity index (χ0) is 21.2. The van der Waals surface area contributed by atoms with Crippen molar-refractivity contribution in [1.29, 1.82) is 0 Å². The molecule has 0 radical (unpaired) electrons. The first-order chi connectivity index (χ1) is 14.6. The van der Waals surface area contributed by atoms with E-state index in [4.69, 9.17) is 4.74 Å². The second-order valence-electron chi connectivity index (χ2n) is 6.34. The Balaban J connectivity index is 1.42. The summed E-state index contributed by atoms with van der Waals surface area (Å²) in [6.07, 6.45) is 0.978. The molecule has 0 unspecified atom stereocenters. The zero-order valence-electron chi connectivity index (χ0n) is 16.0. The van der Waals surface area contributed by atoms with Gasteiger partial charge >= 0.3 is 0 Å². The van der Waals surface area contributed by atoms with E-state index < -0.39 is 24.1 Å². The van der Waals surface area contributed by atoms with Crippen LogP contribution in [-0.4, -0.2) is 18.0 Å². The van der Waals surface area contributed by atoms with Crippen molar-refractivity contribution < 1.29 is 18.7 Å². The Labute approximate surface area is 173 Å². The number of hydrogen-bond donors (Lipinski definition) is 2. The van der Waals surface area contributed by atoms with Gasteiger partial charge in [0.1, 0.15) is 24.6 Å². The van der Waals surface area contributed by atoms with Gasteiger partial charge in [0, 0.05) is 0 Å². The number of hydrogen-bond acceptors (Lipinski definition) is 4. The Kier molecular flexibility index (Phi) is 7.27. The lowest BCUT2D eigenvalue weighted by Gasteiger charge is -2.06. The van der Waals surface area contributed by atoms with Crippen LogP contribution in [0.3, 0.4) is 0 Å². The molecule has 0 aliphatic heterocycles. The van der Waals surface area contributed by atoms with Crippen LogP contribution in [0.25, 0.3) is 0 Å². The predicted octanol–water partition coefficient (Wildman–Crippen LogP) is 3.88. The third-order valence-corrected chi connectivity index (χ3v) is 4.00. The summed E-state index contributed by atoms with van der Waals surface area (Å²) in [7, 11) is 0. The fraction of sp³-hybridized carbons (Fsp3) is 0.0870. The van der Waals surface area contributed by atoms with Gasteiger partial charge in [-0.3, -0.25) is 9.59 Å². The lowest BCUT2D eigenvalue weighted by atomic mass is 10.2. The number of para-hydroxylation sites is 1. The Morgan fingerprint density at radius 2 is 1.60 bits per heavy atom.